The number of anilines is 1. The van der Waals surface area contributed by atoms with E-state index in [4.69, 9.17) is 4.42 Å². The standard InChI is InChI=1S/C19H22N4O5/c24-18(20-9-10-21-19(25)17-6-3-13-28-17)14-7-11-22(12-8-14)15-4-1-2-5-16(15)23(26)27/h1-6,13-14H,7-12H2,(H,20,24)(H,21,25). The molecular formula is C19H22N4O5. The summed E-state index contributed by atoms with van der Waals surface area (Å²) in [5, 5.41) is 16.7. The third-order valence-electron chi connectivity index (χ3n) is 4.74. The van der Waals surface area contributed by atoms with Crippen molar-refractivity contribution in [2.75, 3.05) is 31.1 Å². The molecular weight excluding hydrogens is 364 g/mol. The number of para-hydroxylation sites is 2. The van der Waals surface area contributed by atoms with Gasteiger partial charge in [0.15, 0.2) is 5.76 Å². The van der Waals surface area contributed by atoms with E-state index in [0.717, 1.165) is 0 Å². The SMILES string of the molecule is O=C(NCCNC(=O)C1CCN(c2ccccc2[N+](=O)[O-])CC1)c1ccco1. The molecule has 148 valence electrons. The van der Waals surface area contributed by atoms with E-state index < -0.39 is 0 Å². The molecule has 0 atom stereocenters. The molecule has 2 aromatic rings. The van der Waals surface area contributed by atoms with Crippen molar-refractivity contribution in [3.63, 3.8) is 0 Å². The molecule has 1 fully saturated rings. The van der Waals surface area contributed by atoms with Crippen LogP contribution in [0.4, 0.5) is 11.4 Å². The lowest BCUT2D eigenvalue weighted by Gasteiger charge is -2.32. The molecule has 9 nitrogen and oxygen atoms in total. The number of nitro benzene ring substituents is 1. The van der Waals surface area contributed by atoms with Gasteiger partial charge < -0.3 is 20.0 Å². The first-order valence-electron chi connectivity index (χ1n) is 9.14. The number of carbonyl (C=O) groups excluding carboxylic acids is 2. The van der Waals surface area contributed by atoms with Crippen LogP contribution < -0.4 is 15.5 Å². The molecule has 0 spiro atoms. The summed E-state index contributed by atoms with van der Waals surface area (Å²) in [5.74, 6) is -0.292. The molecule has 1 aliphatic rings. The minimum absolute atomic E-state index is 0.0607. The van der Waals surface area contributed by atoms with Crippen LogP contribution in [0.25, 0.3) is 0 Å². The lowest BCUT2D eigenvalue weighted by atomic mass is 9.95. The highest BCUT2D eigenvalue weighted by molar-refractivity contribution is 5.91. The van der Waals surface area contributed by atoms with Gasteiger partial charge in [0, 0.05) is 38.2 Å². The van der Waals surface area contributed by atoms with Gasteiger partial charge in [-0.05, 0) is 31.0 Å². The van der Waals surface area contributed by atoms with Gasteiger partial charge in [0.1, 0.15) is 5.69 Å². The Hall–Kier alpha value is -3.36. The summed E-state index contributed by atoms with van der Waals surface area (Å²) >= 11 is 0. The van der Waals surface area contributed by atoms with Crippen LogP contribution in [0.5, 0.6) is 0 Å². The number of nitro groups is 1. The molecule has 1 saturated heterocycles. The van der Waals surface area contributed by atoms with E-state index in [0.29, 0.717) is 44.7 Å². The number of furan rings is 1. The minimum Gasteiger partial charge on any atom is -0.459 e. The third-order valence-corrected chi connectivity index (χ3v) is 4.74. The van der Waals surface area contributed by atoms with Crippen LogP contribution in [0.15, 0.2) is 47.1 Å². The van der Waals surface area contributed by atoms with Crippen molar-refractivity contribution in [3.8, 4) is 0 Å². The molecule has 0 unspecified atom stereocenters. The molecule has 1 aromatic carbocycles. The Morgan fingerprint density at radius 1 is 1.11 bits per heavy atom. The van der Waals surface area contributed by atoms with Crippen molar-refractivity contribution >= 4 is 23.2 Å². The average molecular weight is 386 g/mol. The van der Waals surface area contributed by atoms with Gasteiger partial charge in [0.25, 0.3) is 11.6 Å². The van der Waals surface area contributed by atoms with Crippen molar-refractivity contribution in [2.45, 2.75) is 12.8 Å². The van der Waals surface area contributed by atoms with Crippen LogP contribution in [-0.4, -0.2) is 42.9 Å². The van der Waals surface area contributed by atoms with Gasteiger partial charge in [-0.15, -0.1) is 0 Å². The Kier molecular flexibility index (Phi) is 6.25. The van der Waals surface area contributed by atoms with E-state index in [9.17, 15) is 19.7 Å². The van der Waals surface area contributed by atoms with Crippen LogP contribution in [-0.2, 0) is 4.79 Å². The smallest absolute Gasteiger partial charge is 0.292 e. The summed E-state index contributed by atoms with van der Waals surface area (Å²) in [4.78, 5) is 36.8. The normalized spacial score (nSPS) is 14.5. The highest BCUT2D eigenvalue weighted by Gasteiger charge is 2.27. The molecule has 1 aliphatic heterocycles. The number of benzene rings is 1. The lowest BCUT2D eigenvalue weighted by Crippen LogP contribution is -2.42. The van der Waals surface area contributed by atoms with E-state index in [1.165, 1.54) is 12.3 Å². The monoisotopic (exact) mass is 386 g/mol. The second-order valence-electron chi connectivity index (χ2n) is 6.53. The zero-order valence-electron chi connectivity index (χ0n) is 15.3. The molecule has 0 radical (unpaired) electrons. The van der Waals surface area contributed by atoms with Crippen LogP contribution in [0.2, 0.25) is 0 Å². The van der Waals surface area contributed by atoms with Gasteiger partial charge in [-0.25, -0.2) is 0 Å². The highest BCUT2D eigenvalue weighted by atomic mass is 16.6. The lowest BCUT2D eigenvalue weighted by molar-refractivity contribution is -0.384. The Morgan fingerprint density at radius 2 is 1.82 bits per heavy atom. The third kappa shape index (κ3) is 4.67. The molecule has 3 rings (SSSR count). The number of rotatable bonds is 7. The average Bonchev–Trinajstić information content (AvgIpc) is 3.26. The van der Waals surface area contributed by atoms with E-state index >= 15 is 0 Å². The second-order valence-corrected chi connectivity index (χ2v) is 6.53. The topological polar surface area (TPSA) is 118 Å². The van der Waals surface area contributed by atoms with Crippen LogP contribution in [0, 0.1) is 16.0 Å². The van der Waals surface area contributed by atoms with Gasteiger partial charge in [0.2, 0.25) is 5.91 Å². The maximum Gasteiger partial charge on any atom is 0.292 e. The van der Waals surface area contributed by atoms with E-state index in [1.807, 2.05) is 4.90 Å². The van der Waals surface area contributed by atoms with Crippen molar-refractivity contribution in [1.82, 2.24) is 10.6 Å². The minimum atomic E-state index is -0.384. The zero-order chi connectivity index (χ0) is 19.9. The molecule has 9 heteroatoms. The van der Waals surface area contributed by atoms with Crippen LogP contribution in [0.1, 0.15) is 23.4 Å². The summed E-state index contributed by atoms with van der Waals surface area (Å²) in [7, 11) is 0. The van der Waals surface area contributed by atoms with E-state index in [1.54, 1.807) is 30.3 Å². The first-order chi connectivity index (χ1) is 13.6. The summed E-state index contributed by atoms with van der Waals surface area (Å²) in [6.07, 6.45) is 2.67. The molecule has 0 bridgehead atoms. The number of amides is 2. The second kappa shape index (κ2) is 9.03. The molecule has 1 aromatic heterocycles. The first kappa shape index (κ1) is 19.4. The van der Waals surface area contributed by atoms with Gasteiger partial charge in [-0.1, -0.05) is 12.1 Å². The number of nitrogens with one attached hydrogen (secondary N) is 2. The van der Waals surface area contributed by atoms with Crippen molar-refractivity contribution in [2.24, 2.45) is 5.92 Å². The maximum atomic E-state index is 12.3. The molecule has 2 heterocycles. The molecule has 2 amide bonds. The van der Waals surface area contributed by atoms with Gasteiger partial charge >= 0.3 is 0 Å². The van der Waals surface area contributed by atoms with E-state index in [2.05, 4.69) is 10.6 Å². The Morgan fingerprint density at radius 3 is 2.50 bits per heavy atom. The van der Waals surface area contributed by atoms with Crippen LogP contribution in [0.3, 0.4) is 0 Å². The number of piperidine rings is 1. The zero-order valence-corrected chi connectivity index (χ0v) is 15.3. The fourth-order valence-electron chi connectivity index (χ4n) is 3.27. The summed E-state index contributed by atoms with van der Waals surface area (Å²) in [5.41, 5.74) is 0.671. The largest absolute Gasteiger partial charge is 0.459 e. The Bertz CT molecular complexity index is 829. The first-order valence-corrected chi connectivity index (χ1v) is 9.14. The Labute approximate surface area is 161 Å². The fraction of sp³-hybridized carbons (Fsp3) is 0.368. The molecule has 28 heavy (non-hydrogen) atoms. The number of carbonyl (C=O) groups is 2. The maximum absolute atomic E-state index is 12.3. The van der Waals surface area contributed by atoms with Gasteiger partial charge in [-0.2, -0.15) is 0 Å². The van der Waals surface area contributed by atoms with Crippen LogP contribution >= 0.6 is 0 Å². The van der Waals surface area contributed by atoms with Gasteiger partial charge in [0.05, 0.1) is 11.2 Å². The van der Waals surface area contributed by atoms with Crippen molar-refractivity contribution in [1.29, 1.82) is 0 Å². The predicted molar refractivity (Wildman–Crippen MR) is 102 cm³/mol. The number of nitrogens with zero attached hydrogens (tertiary/aromatic N) is 2. The predicted octanol–water partition coefficient (Wildman–Crippen LogP) is 1.95. The fourth-order valence-corrected chi connectivity index (χ4v) is 3.27. The Balaban J connectivity index is 1.42. The van der Waals surface area contributed by atoms with Crippen molar-refractivity contribution in [3.05, 3.63) is 58.5 Å². The quantitative estimate of drug-likeness (QED) is 0.427. The van der Waals surface area contributed by atoms with E-state index in [-0.39, 0.29) is 34.1 Å². The number of hydrogen-bond acceptors (Lipinski definition) is 6. The number of hydrogen-bond donors (Lipinski definition) is 2. The summed E-state index contributed by atoms with van der Waals surface area (Å²) in [6.45, 7) is 1.80. The molecule has 0 saturated carbocycles. The van der Waals surface area contributed by atoms with Crippen molar-refractivity contribution < 1.29 is 18.9 Å². The molecule has 2 N–H and O–H groups in total. The highest BCUT2D eigenvalue weighted by Crippen LogP contribution is 2.31. The molecule has 0 aliphatic carbocycles. The summed E-state index contributed by atoms with van der Waals surface area (Å²) < 4.78 is 4.99. The van der Waals surface area contributed by atoms with Gasteiger partial charge in [-0.3, -0.25) is 19.7 Å². The summed E-state index contributed by atoms with van der Waals surface area (Å²) in [6, 6.07) is 9.85.